The van der Waals surface area contributed by atoms with E-state index in [1.54, 1.807) is 7.11 Å². The minimum absolute atomic E-state index is 0.384. The number of rotatable bonds is 3. The van der Waals surface area contributed by atoms with Crippen molar-refractivity contribution in [1.29, 1.82) is 0 Å². The standard InChI is InChI=1S/C17H17NO3/c1-20-16-8-7-14(9-15(16)17(19)21-2)18-10-12-5-3-4-6-13(12)11-18/h3-9H,10-11H2,1-2H3. The molecule has 0 bridgehead atoms. The first-order valence-electron chi connectivity index (χ1n) is 6.81. The minimum Gasteiger partial charge on any atom is -0.496 e. The molecule has 1 aliphatic heterocycles. The largest absolute Gasteiger partial charge is 0.496 e. The third-order valence-corrected chi connectivity index (χ3v) is 3.79. The highest BCUT2D eigenvalue weighted by Gasteiger charge is 2.21. The number of anilines is 1. The molecule has 2 aromatic carbocycles. The molecule has 0 saturated carbocycles. The maximum Gasteiger partial charge on any atom is 0.341 e. The maximum absolute atomic E-state index is 11.9. The maximum atomic E-state index is 11.9. The van der Waals surface area contributed by atoms with Gasteiger partial charge in [0.1, 0.15) is 11.3 Å². The van der Waals surface area contributed by atoms with Crippen LogP contribution in [0.15, 0.2) is 42.5 Å². The zero-order chi connectivity index (χ0) is 14.8. The highest BCUT2D eigenvalue weighted by molar-refractivity contribution is 5.93. The van der Waals surface area contributed by atoms with Crippen molar-refractivity contribution in [3.05, 3.63) is 59.2 Å². The van der Waals surface area contributed by atoms with Crippen LogP contribution in [0.4, 0.5) is 5.69 Å². The average molecular weight is 283 g/mol. The monoisotopic (exact) mass is 283 g/mol. The van der Waals surface area contributed by atoms with Crippen molar-refractivity contribution in [2.75, 3.05) is 19.1 Å². The molecule has 0 unspecified atom stereocenters. The first-order chi connectivity index (χ1) is 10.2. The van der Waals surface area contributed by atoms with Crippen LogP contribution in [0.5, 0.6) is 5.75 Å². The number of esters is 1. The van der Waals surface area contributed by atoms with E-state index in [0.717, 1.165) is 18.8 Å². The Labute approximate surface area is 123 Å². The molecule has 4 nitrogen and oxygen atoms in total. The summed E-state index contributed by atoms with van der Waals surface area (Å²) in [6, 6.07) is 14.0. The van der Waals surface area contributed by atoms with Crippen LogP contribution >= 0.6 is 0 Å². The van der Waals surface area contributed by atoms with Crippen molar-refractivity contribution in [1.82, 2.24) is 0 Å². The summed E-state index contributed by atoms with van der Waals surface area (Å²) in [5.74, 6) is 0.146. The molecule has 0 aromatic heterocycles. The van der Waals surface area contributed by atoms with E-state index in [4.69, 9.17) is 9.47 Å². The number of carbonyl (C=O) groups is 1. The van der Waals surface area contributed by atoms with Gasteiger partial charge in [0, 0.05) is 18.8 Å². The topological polar surface area (TPSA) is 38.8 Å². The first kappa shape index (κ1) is 13.5. The molecule has 0 atom stereocenters. The Bertz CT molecular complexity index is 656. The summed E-state index contributed by atoms with van der Waals surface area (Å²) in [6.07, 6.45) is 0. The van der Waals surface area contributed by atoms with Gasteiger partial charge in [-0.2, -0.15) is 0 Å². The van der Waals surface area contributed by atoms with Gasteiger partial charge in [0.25, 0.3) is 0 Å². The molecule has 0 amide bonds. The van der Waals surface area contributed by atoms with Gasteiger partial charge in [-0.3, -0.25) is 0 Å². The molecular weight excluding hydrogens is 266 g/mol. The highest BCUT2D eigenvalue weighted by Crippen LogP contribution is 2.31. The van der Waals surface area contributed by atoms with Crippen molar-refractivity contribution in [3.8, 4) is 5.75 Å². The SMILES string of the molecule is COC(=O)c1cc(N2Cc3ccccc3C2)ccc1OC. The summed E-state index contributed by atoms with van der Waals surface area (Å²) in [7, 11) is 2.92. The summed E-state index contributed by atoms with van der Waals surface area (Å²) in [5, 5.41) is 0. The molecular formula is C17H17NO3. The molecule has 0 radical (unpaired) electrons. The third kappa shape index (κ3) is 2.44. The molecule has 4 heteroatoms. The van der Waals surface area contributed by atoms with Gasteiger partial charge in [0.2, 0.25) is 0 Å². The lowest BCUT2D eigenvalue weighted by molar-refractivity contribution is 0.0597. The molecule has 2 aromatic rings. The van der Waals surface area contributed by atoms with Crippen molar-refractivity contribution in [2.45, 2.75) is 13.1 Å². The van der Waals surface area contributed by atoms with Gasteiger partial charge in [-0.25, -0.2) is 4.79 Å². The van der Waals surface area contributed by atoms with Crippen LogP contribution in [0.2, 0.25) is 0 Å². The Morgan fingerprint density at radius 2 is 1.71 bits per heavy atom. The molecule has 21 heavy (non-hydrogen) atoms. The van der Waals surface area contributed by atoms with Gasteiger partial charge in [-0.05, 0) is 29.3 Å². The van der Waals surface area contributed by atoms with Gasteiger partial charge in [-0.1, -0.05) is 24.3 Å². The van der Waals surface area contributed by atoms with E-state index in [-0.39, 0.29) is 5.97 Å². The third-order valence-electron chi connectivity index (χ3n) is 3.79. The van der Waals surface area contributed by atoms with Crippen LogP contribution in [0, 0.1) is 0 Å². The zero-order valence-electron chi connectivity index (χ0n) is 12.1. The van der Waals surface area contributed by atoms with Crippen LogP contribution in [0.25, 0.3) is 0 Å². The van der Waals surface area contributed by atoms with E-state index in [1.165, 1.54) is 18.2 Å². The van der Waals surface area contributed by atoms with Gasteiger partial charge in [0.15, 0.2) is 0 Å². The molecule has 1 aliphatic rings. The van der Waals surface area contributed by atoms with Crippen LogP contribution in [0.1, 0.15) is 21.5 Å². The molecule has 0 fully saturated rings. The smallest absolute Gasteiger partial charge is 0.341 e. The minimum atomic E-state index is -0.384. The van der Waals surface area contributed by atoms with Crippen LogP contribution < -0.4 is 9.64 Å². The van der Waals surface area contributed by atoms with E-state index >= 15 is 0 Å². The number of ether oxygens (including phenoxy) is 2. The predicted molar refractivity (Wildman–Crippen MR) is 80.7 cm³/mol. The fourth-order valence-electron chi connectivity index (χ4n) is 2.68. The second-order valence-electron chi connectivity index (χ2n) is 5.00. The summed E-state index contributed by atoms with van der Waals surface area (Å²) in [4.78, 5) is 14.1. The van der Waals surface area contributed by atoms with Gasteiger partial charge in [-0.15, -0.1) is 0 Å². The van der Waals surface area contributed by atoms with Gasteiger partial charge < -0.3 is 14.4 Å². The molecule has 0 N–H and O–H groups in total. The summed E-state index contributed by atoms with van der Waals surface area (Å²) in [5.41, 5.74) is 4.10. The Morgan fingerprint density at radius 1 is 1.05 bits per heavy atom. The molecule has 0 saturated heterocycles. The van der Waals surface area contributed by atoms with E-state index in [1.807, 2.05) is 18.2 Å². The van der Waals surface area contributed by atoms with Crippen LogP contribution in [0.3, 0.4) is 0 Å². The number of carbonyl (C=O) groups excluding carboxylic acids is 1. The number of fused-ring (bicyclic) bond motifs is 1. The number of hydrogen-bond donors (Lipinski definition) is 0. The van der Waals surface area contributed by atoms with Crippen molar-refractivity contribution in [3.63, 3.8) is 0 Å². The van der Waals surface area contributed by atoms with Gasteiger partial charge in [0.05, 0.1) is 14.2 Å². The van der Waals surface area contributed by atoms with E-state index in [9.17, 15) is 4.79 Å². The van der Waals surface area contributed by atoms with Crippen molar-refractivity contribution < 1.29 is 14.3 Å². The Morgan fingerprint density at radius 3 is 2.29 bits per heavy atom. The quantitative estimate of drug-likeness (QED) is 0.812. The Hall–Kier alpha value is -2.49. The first-order valence-corrected chi connectivity index (χ1v) is 6.81. The Kier molecular flexibility index (Phi) is 3.52. The normalized spacial score (nSPS) is 13.0. The molecule has 108 valence electrons. The van der Waals surface area contributed by atoms with Crippen molar-refractivity contribution >= 4 is 11.7 Å². The summed E-state index contributed by atoms with van der Waals surface area (Å²) in [6.45, 7) is 1.70. The molecule has 3 rings (SSSR count). The number of benzene rings is 2. The highest BCUT2D eigenvalue weighted by atomic mass is 16.5. The number of nitrogens with zero attached hydrogens (tertiary/aromatic N) is 1. The van der Waals surface area contributed by atoms with Crippen molar-refractivity contribution in [2.24, 2.45) is 0 Å². The number of hydrogen-bond acceptors (Lipinski definition) is 4. The molecule has 0 aliphatic carbocycles. The van der Waals surface area contributed by atoms with Crippen LogP contribution in [-0.4, -0.2) is 20.2 Å². The summed E-state index contributed by atoms with van der Waals surface area (Å²) < 4.78 is 10.0. The molecule has 0 spiro atoms. The molecule has 1 heterocycles. The Balaban J connectivity index is 1.92. The zero-order valence-corrected chi connectivity index (χ0v) is 12.1. The lowest BCUT2D eigenvalue weighted by atomic mass is 10.1. The second-order valence-corrected chi connectivity index (χ2v) is 5.00. The van der Waals surface area contributed by atoms with E-state index < -0.39 is 0 Å². The predicted octanol–water partition coefficient (Wildman–Crippen LogP) is 3.00. The fourth-order valence-corrected chi connectivity index (χ4v) is 2.68. The fraction of sp³-hybridized carbons (Fsp3) is 0.235. The lowest BCUT2D eigenvalue weighted by Crippen LogP contribution is -2.15. The van der Waals surface area contributed by atoms with Gasteiger partial charge >= 0.3 is 5.97 Å². The van der Waals surface area contributed by atoms with Crippen LogP contribution in [-0.2, 0) is 17.8 Å². The average Bonchev–Trinajstić information content (AvgIpc) is 2.97. The lowest BCUT2D eigenvalue weighted by Gasteiger charge is -2.19. The number of methoxy groups -OCH3 is 2. The summed E-state index contributed by atoms with van der Waals surface area (Å²) >= 11 is 0. The van der Waals surface area contributed by atoms with E-state index in [2.05, 4.69) is 29.2 Å². The second kappa shape index (κ2) is 5.48. The van der Waals surface area contributed by atoms with E-state index in [0.29, 0.717) is 11.3 Å².